The number of pyridine rings is 1. The first-order valence-corrected chi connectivity index (χ1v) is 10.4. The highest BCUT2D eigenvalue weighted by molar-refractivity contribution is 8.19. The molecule has 0 atom stereocenters. The molecule has 6 heteroatoms. The number of amidine groups is 1. The second-order valence-electron chi connectivity index (χ2n) is 6.40. The number of halogens is 1. The Morgan fingerprint density at radius 2 is 1.86 bits per heavy atom. The van der Waals surface area contributed by atoms with E-state index < -0.39 is 0 Å². The number of hydrogen-bond donors (Lipinski definition) is 0. The molecule has 1 aromatic heterocycles. The van der Waals surface area contributed by atoms with E-state index in [9.17, 15) is 4.79 Å². The summed E-state index contributed by atoms with van der Waals surface area (Å²) in [5.74, 6) is -0.107. The predicted molar refractivity (Wildman–Crippen MR) is 122 cm³/mol. The van der Waals surface area contributed by atoms with Gasteiger partial charge in [0, 0.05) is 12.4 Å². The van der Waals surface area contributed by atoms with Crippen molar-refractivity contribution >= 4 is 51.9 Å². The van der Waals surface area contributed by atoms with E-state index in [-0.39, 0.29) is 5.91 Å². The summed E-state index contributed by atoms with van der Waals surface area (Å²) < 4.78 is 0. The van der Waals surface area contributed by atoms with Crippen LogP contribution in [0, 0.1) is 0 Å². The van der Waals surface area contributed by atoms with Crippen LogP contribution in [-0.2, 0) is 11.2 Å². The third kappa shape index (κ3) is 4.26. The monoisotopic (exact) mass is 419 g/mol. The lowest BCUT2D eigenvalue weighted by molar-refractivity contribution is -0.113. The van der Waals surface area contributed by atoms with Gasteiger partial charge in [-0.3, -0.25) is 14.7 Å². The Balaban J connectivity index is 1.75. The van der Waals surface area contributed by atoms with Gasteiger partial charge in [-0.1, -0.05) is 61.0 Å². The van der Waals surface area contributed by atoms with E-state index >= 15 is 0 Å². The van der Waals surface area contributed by atoms with Crippen LogP contribution in [0.5, 0.6) is 0 Å². The molecule has 1 aliphatic heterocycles. The Bertz CT molecular complexity index is 1090. The van der Waals surface area contributed by atoms with Crippen molar-refractivity contribution in [1.82, 2.24) is 4.98 Å². The second kappa shape index (κ2) is 8.64. The zero-order valence-electron chi connectivity index (χ0n) is 15.7. The molecule has 0 radical (unpaired) electrons. The van der Waals surface area contributed by atoms with Gasteiger partial charge in [0.1, 0.15) is 0 Å². The molecule has 4 rings (SSSR count). The molecule has 0 aliphatic carbocycles. The fraction of sp³-hybridized carbons (Fsp3) is 0.0870. The third-order valence-corrected chi connectivity index (χ3v) is 5.73. The Labute approximate surface area is 179 Å². The van der Waals surface area contributed by atoms with E-state index in [1.807, 2.05) is 48.5 Å². The van der Waals surface area contributed by atoms with Crippen LogP contribution in [0.4, 0.5) is 11.4 Å². The predicted octanol–water partition coefficient (Wildman–Crippen LogP) is 6.11. The van der Waals surface area contributed by atoms with Crippen molar-refractivity contribution in [3.63, 3.8) is 0 Å². The average molecular weight is 420 g/mol. The third-order valence-electron chi connectivity index (χ3n) is 4.47. The maximum Gasteiger partial charge on any atom is 0.271 e. The number of benzene rings is 2. The number of para-hydroxylation sites is 1. The number of rotatable bonds is 4. The van der Waals surface area contributed by atoms with E-state index in [2.05, 4.69) is 29.0 Å². The number of aromatic nitrogens is 1. The highest BCUT2D eigenvalue weighted by Gasteiger charge is 2.34. The minimum absolute atomic E-state index is 0.107. The van der Waals surface area contributed by atoms with Crippen LogP contribution in [-0.4, -0.2) is 16.1 Å². The molecule has 1 fully saturated rings. The van der Waals surface area contributed by atoms with Crippen LogP contribution in [0.15, 0.2) is 83.0 Å². The van der Waals surface area contributed by atoms with E-state index in [0.29, 0.717) is 20.8 Å². The molecule has 2 heterocycles. The first kappa shape index (κ1) is 19.4. The fourth-order valence-electron chi connectivity index (χ4n) is 2.92. The Hall–Kier alpha value is -2.89. The summed E-state index contributed by atoms with van der Waals surface area (Å²) in [6, 6.07) is 19.4. The molecular weight excluding hydrogens is 402 g/mol. The summed E-state index contributed by atoms with van der Waals surface area (Å²) in [5.41, 5.74) is 3.58. The topological polar surface area (TPSA) is 45.6 Å². The first-order chi connectivity index (χ1) is 14.2. The molecule has 1 saturated heterocycles. The summed E-state index contributed by atoms with van der Waals surface area (Å²) in [4.78, 5) is 24.1. The maximum atomic E-state index is 13.2. The van der Waals surface area contributed by atoms with Gasteiger partial charge in [0.15, 0.2) is 5.17 Å². The second-order valence-corrected chi connectivity index (χ2v) is 7.82. The van der Waals surface area contributed by atoms with Crippen LogP contribution in [0.2, 0.25) is 5.02 Å². The van der Waals surface area contributed by atoms with E-state index in [1.165, 1.54) is 17.3 Å². The number of amides is 1. The molecule has 0 N–H and O–H groups in total. The Morgan fingerprint density at radius 3 is 2.55 bits per heavy atom. The Morgan fingerprint density at radius 1 is 1.10 bits per heavy atom. The molecule has 144 valence electrons. The van der Waals surface area contributed by atoms with Gasteiger partial charge in [0.2, 0.25) is 0 Å². The lowest BCUT2D eigenvalue weighted by Gasteiger charge is -2.15. The molecule has 0 bridgehead atoms. The number of aliphatic imine (C=N–C) groups is 1. The lowest BCUT2D eigenvalue weighted by Crippen LogP contribution is -2.28. The standard InChI is InChI=1S/C23H18ClN3OS/c1-2-16-8-10-17(11-9-16)14-21-22(28)27(18-6-4-3-5-7-18)23(29-21)26-20-12-13-25-15-19(20)24/h3-15H,2H2,1H3/b21-14-,26-23?. The minimum Gasteiger partial charge on any atom is -0.268 e. The smallest absolute Gasteiger partial charge is 0.268 e. The minimum atomic E-state index is -0.107. The van der Waals surface area contributed by atoms with Crippen LogP contribution >= 0.6 is 23.4 Å². The maximum absolute atomic E-state index is 13.2. The molecule has 0 saturated carbocycles. The molecule has 0 spiro atoms. The van der Waals surface area contributed by atoms with E-state index in [4.69, 9.17) is 11.6 Å². The van der Waals surface area contributed by atoms with E-state index in [0.717, 1.165) is 17.7 Å². The molecule has 1 aliphatic rings. The highest BCUT2D eigenvalue weighted by atomic mass is 35.5. The molecule has 4 nitrogen and oxygen atoms in total. The van der Waals surface area contributed by atoms with Gasteiger partial charge in [-0.2, -0.15) is 0 Å². The first-order valence-electron chi connectivity index (χ1n) is 9.22. The van der Waals surface area contributed by atoms with Gasteiger partial charge >= 0.3 is 0 Å². The normalized spacial score (nSPS) is 16.8. The zero-order chi connectivity index (χ0) is 20.2. The number of aryl methyl sites for hydroxylation is 1. The number of hydrogen-bond acceptors (Lipinski definition) is 4. The van der Waals surface area contributed by atoms with Gasteiger partial charge in [-0.25, -0.2) is 4.99 Å². The van der Waals surface area contributed by atoms with Crippen molar-refractivity contribution < 1.29 is 4.79 Å². The average Bonchev–Trinajstić information content (AvgIpc) is 3.05. The van der Waals surface area contributed by atoms with Gasteiger partial charge in [-0.05, 0) is 53.6 Å². The van der Waals surface area contributed by atoms with Crippen molar-refractivity contribution in [2.24, 2.45) is 4.99 Å². The highest BCUT2D eigenvalue weighted by Crippen LogP contribution is 2.38. The lowest BCUT2D eigenvalue weighted by atomic mass is 10.1. The van der Waals surface area contributed by atoms with Gasteiger partial charge in [-0.15, -0.1) is 0 Å². The molecule has 0 unspecified atom stereocenters. The zero-order valence-corrected chi connectivity index (χ0v) is 17.3. The quantitative estimate of drug-likeness (QED) is 0.479. The van der Waals surface area contributed by atoms with E-state index in [1.54, 1.807) is 23.4 Å². The number of carbonyl (C=O) groups is 1. The summed E-state index contributed by atoms with van der Waals surface area (Å²) in [6.45, 7) is 2.12. The summed E-state index contributed by atoms with van der Waals surface area (Å²) in [6.07, 6.45) is 6.06. The van der Waals surface area contributed by atoms with Crippen molar-refractivity contribution in [1.29, 1.82) is 0 Å². The number of thioether (sulfide) groups is 1. The van der Waals surface area contributed by atoms with Crippen LogP contribution in [0.25, 0.3) is 6.08 Å². The van der Waals surface area contributed by atoms with Gasteiger partial charge in [0.25, 0.3) is 5.91 Å². The summed E-state index contributed by atoms with van der Waals surface area (Å²) in [7, 11) is 0. The van der Waals surface area contributed by atoms with Crippen LogP contribution in [0.3, 0.4) is 0 Å². The van der Waals surface area contributed by atoms with Crippen molar-refractivity contribution in [3.05, 3.63) is 94.1 Å². The SMILES string of the molecule is CCc1ccc(/C=C2\SC(=Nc3ccncc3Cl)N(c3ccccc3)C2=O)cc1. The molecule has 2 aromatic carbocycles. The molecular formula is C23H18ClN3OS. The molecule has 1 amide bonds. The summed E-state index contributed by atoms with van der Waals surface area (Å²) >= 11 is 7.57. The fourth-order valence-corrected chi connectivity index (χ4v) is 4.07. The number of nitrogens with zero attached hydrogens (tertiary/aromatic N) is 3. The number of carbonyl (C=O) groups excluding carboxylic acids is 1. The van der Waals surface area contributed by atoms with Crippen molar-refractivity contribution in [3.8, 4) is 0 Å². The van der Waals surface area contributed by atoms with Crippen molar-refractivity contribution in [2.45, 2.75) is 13.3 Å². The van der Waals surface area contributed by atoms with Gasteiger partial charge < -0.3 is 0 Å². The number of anilines is 1. The molecule has 29 heavy (non-hydrogen) atoms. The molecule has 3 aromatic rings. The summed E-state index contributed by atoms with van der Waals surface area (Å²) in [5, 5.41) is 0.999. The largest absolute Gasteiger partial charge is 0.271 e. The Kier molecular flexibility index (Phi) is 5.79. The van der Waals surface area contributed by atoms with Crippen LogP contribution in [0.1, 0.15) is 18.1 Å². The van der Waals surface area contributed by atoms with Crippen LogP contribution < -0.4 is 4.90 Å². The van der Waals surface area contributed by atoms with Crippen molar-refractivity contribution in [2.75, 3.05) is 4.90 Å². The van der Waals surface area contributed by atoms with Gasteiger partial charge in [0.05, 0.1) is 21.3 Å².